The number of rotatable bonds is 3. The Labute approximate surface area is 84.8 Å². The minimum Gasteiger partial charge on any atom is -0.263 e. The van der Waals surface area contributed by atoms with E-state index in [2.05, 4.69) is 14.9 Å². The standard InChI is InChI=1S/C7H7N3O2S2/c11-14(12,7-2-1-5-13-7)10-6-3-4-8-9-6/h1-5H,(H2,8,9,10). The zero-order chi connectivity index (χ0) is 10.0. The summed E-state index contributed by atoms with van der Waals surface area (Å²) in [6.07, 6.45) is 1.48. The van der Waals surface area contributed by atoms with Crippen LogP contribution < -0.4 is 4.72 Å². The average Bonchev–Trinajstić information content (AvgIpc) is 2.71. The predicted octanol–water partition coefficient (Wildman–Crippen LogP) is 1.27. The van der Waals surface area contributed by atoms with E-state index in [1.54, 1.807) is 23.6 Å². The van der Waals surface area contributed by atoms with Gasteiger partial charge in [-0.2, -0.15) is 5.10 Å². The van der Waals surface area contributed by atoms with Crippen molar-refractivity contribution in [2.45, 2.75) is 4.21 Å². The Bertz CT molecular complexity index is 487. The Morgan fingerprint density at radius 1 is 1.43 bits per heavy atom. The van der Waals surface area contributed by atoms with Gasteiger partial charge in [0.1, 0.15) is 10.0 Å². The van der Waals surface area contributed by atoms with Crippen molar-refractivity contribution in [1.29, 1.82) is 0 Å². The van der Waals surface area contributed by atoms with Crippen molar-refractivity contribution in [2.75, 3.05) is 4.72 Å². The van der Waals surface area contributed by atoms with Gasteiger partial charge in [0, 0.05) is 6.07 Å². The third kappa shape index (κ3) is 1.78. The zero-order valence-electron chi connectivity index (χ0n) is 6.97. The third-order valence-electron chi connectivity index (χ3n) is 1.50. The summed E-state index contributed by atoms with van der Waals surface area (Å²) < 4.78 is 25.9. The van der Waals surface area contributed by atoms with Gasteiger partial charge in [-0.3, -0.25) is 9.82 Å². The Kier molecular flexibility index (Phi) is 2.26. The number of H-pyrrole nitrogens is 1. The maximum atomic E-state index is 11.6. The molecule has 0 unspecified atom stereocenters. The second kappa shape index (κ2) is 3.43. The number of hydrogen-bond acceptors (Lipinski definition) is 4. The van der Waals surface area contributed by atoms with Gasteiger partial charge in [-0.1, -0.05) is 6.07 Å². The fraction of sp³-hybridized carbons (Fsp3) is 0. The molecule has 0 atom stereocenters. The van der Waals surface area contributed by atoms with E-state index in [0.29, 0.717) is 5.82 Å². The van der Waals surface area contributed by atoms with E-state index in [9.17, 15) is 8.42 Å². The second-order valence-corrected chi connectivity index (χ2v) is 5.36. The maximum absolute atomic E-state index is 11.6. The number of aromatic amines is 1. The molecule has 2 rings (SSSR count). The van der Waals surface area contributed by atoms with Crippen molar-refractivity contribution in [1.82, 2.24) is 10.2 Å². The highest BCUT2D eigenvalue weighted by Gasteiger charge is 2.15. The molecule has 2 aromatic rings. The minimum atomic E-state index is -3.44. The van der Waals surface area contributed by atoms with Gasteiger partial charge in [0.25, 0.3) is 10.0 Å². The highest BCUT2D eigenvalue weighted by Crippen LogP contribution is 2.18. The van der Waals surface area contributed by atoms with Gasteiger partial charge in [-0.15, -0.1) is 11.3 Å². The zero-order valence-corrected chi connectivity index (χ0v) is 8.60. The van der Waals surface area contributed by atoms with Crippen molar-refractivity contribution >= 4 is 27.2 Å². The Morgan fingerprint density at radius 2 is 2.29 bits per heavy atom. The van der Waals surface area contributed by atoms with Crippen LogP contribution in [0, 0.1) is 0 Å². The van der Waals surface area contributed by atoms with E-state index in [-0.39, 0.29) is 4.21 Å². The van der Waals surface area contributed by atoms with Crippen LogP contribution in [0.25, 0.3) is 0 Å². The largest absolute Gasteiger partial charge is 0.272 e. The highest BCUT2D eigenvalue weighted by atomic mass is 32.2. The maximum Gasteiger partial charge on any atom is 0.272 e. The fourth-order valence-electron chi connectivity index (χ4n) is 0.924. The van der Waals surface area contributed by atoms with E-state index < -0.39 is 10.0 Å². The predicted molar refractivity (Wildman–Crippen MR) is 53.7 cm³/mol. The first-order valence-corrected chi connectivity index (χ1v) is 6.10. The molecule has 0 saturated heterocycles. The SMILES string of the molecule is O=S(=O)(Nc1ccn[nH]1)c1cccs1. The van der Waals surface area contributed by atoms with E-state index in [1.807, 2.05) is 0 Å². The summed E-state index contributed by atoms with van der Waals surface area (Å²) in [6, 6.07) is 4.78. The molecular weight excluding hydrogens is 222 g/mol. The van der Waals surface area contributed by atoms with Gasteiger partial charge in [-0.25, -0.2) is 8.42 Å². The fourth-order valence-corrected chi connectivity index (χ4v) is 2.93. The molecule has 2 N–H and O–H groups in total. The lowest BCUT2D eigenvalue weighted by Crippen LogP contribution is -2.11. The third-order valence-corrected chi connectivity index (χ3v) is 4.27. The van der Waals surface area contributed by atoms with Gasteiger partial charge in [0.15, 0.2) is 0 Å². The minimum absolute atomic E-state index is 0.284. The lowest BCUT2D eigenvalue weighted by atomic mass is 10.7. The van der Waals surface area contributed by atoms with E-state index in [0.717, 1.165) is 0 Å². The Balaban J connectivity index is 2.27. The van der Waals surface area contributed by atoms with Gasteiger partial charge in [-0.05, 0) is 11.4 Å². The van der Waals surface area contributed by atoms with Gasteiger partial charge >= 0.3 is 0 Å². The molecule has 2 heterocycles. The summed E-state index contributed by atoms with van der Waals surface area (Å²) in [7, 11) is -3.44. The monoisotopic (exact) mass is 229 g/mol. The van der Waals surface area contributed by atoms with Crippen LogP contribution >= 0.6 is 11.3 Å². The summed E-state index contributed by atoms with van der Waals surface area (Å²) in [5, 5.41) is 7.87. The molecular formula is C7H7N3O2S2. The molecule has 0 amide bonds. The lowest BCUT2D eigenvalue weighted by Gasteiger charge is -2.01. The van der Waals surface area contributed by atoms with Crippen LogP contribution in [-0.4, -0.2) is 18.6 Å². The van der Waals surface area contributed by atoms with Crippen LogP contribution in [0.4, 0.5) is 5.82 Å². The normalized spacial score (nSPS) is 11.4. The molecule has 0 spiro atoms. The summed E-state index contributed by atoms with van der Waals surface area (Å²) in [5.41, 5.74) is 0. The first-order valence-electron chi connectivity index (χ1n) is 3.74. The van der Waals surface area contributed by atoms with E-state index in [4.69, 9.17) is 0 Å². The number of thiophene rings is 1. The molecule has 0 fully saturated rings. The van der Waals surface area contributed by atoms with Crippen LogP contribution in [0.5, 0.6) is 0 Å². The first-order chi connectivity index (χ1) is 6.68. The van der Waals surface area contributed by atoms with Crippen molar-refractivity contribution in [3.8, 4) is 0 Å². The molecule has 0 bridgehead atoms. The van der Waals surface area contributed by atoms with Gasteiger partial charge in [0.05, 0.1) is 6.20 Å². The summed E-state index contributed by atoms with van der Waals surface area (Å²) >= 11 is 1.17. The molecule has 0 aliphatic carbocycles. The molecule has 7 heteroatoms. The molecule has 0 aliphatic rings. The Morgan fingerprint density at radius 3 is 2.86 bits per heavy atom. The van der Waals surface area contributed by atoms with Crippen LogP contribution in [0.2, 0.25) is 0 Å². The molecule has 2 aromatic heterocycles. The first kappa shape index (κ1) is 9.22. The molecule has 5 nitrogen and oxygen atoms in total. The summed E-state index contributed by atoms with van der Waals surface area (Å²) in [5.74, 6) is 0.360. The smallest absolute Gasteiger partial charge is 0.263 e. The lowest BCUT2D eigenvalue weighted by molar-refractivity contribution is 0.603. The average molecular weight is 229 g/mol. The number of nitrogens with one attached hydrogen (secondary N) is 2. The van der Waals surface area contributed by atoms with Crippen molar-refractivity contribution in [2.24, 2.45) is 0 Å². The number of hydrogen-bond donors (Lipinski definition) is 2. The van der Waals surface area contributed by atoms with E-state index >= 15 is 0 Å². The highest BCUT2D eigenvalue weighted by molar-refractivity contribution is 7.94. The number of nitrogens with zero attached hydrogens (tertiary/aromatic N) is 1. The quantitative estimate of drug-likeness (QED) is 0.832. The topological polar surface area (TPSA) is 74.8 Å². The number of anilines is 1. The molecule has 0 aliphatic heterocycles. The van der Waals surface area contributed by atoms with Crippen molar-refractivity contribution in [3.63, 3.8) is 0 Å². The van der Waals surface area contributed by atoms with Crippen molar-refractivity contribution < 1.29 is 8.42 Å². The summed E-state index contributed by atoms with van der Waals surface area (Å²) in [6.45, 7) is 0. The van der Waals surface area contributed by atoms with Gasteiger partial charge < -0.3 is 0 Å². The Hall–Kier alpha value is -1.34. The molecule has 0 saturated carbocycles. The summed E-state index contributed by atoms with van der Waals surface area (Å²) in [4.78, 5) is 0. The molecule has 0 radical (unpaired) electrons. The molecule has 0 aromatic carbocycles. The second-order valence-electron chi connectivity index (χ2n) is 2.51. The van der Waals surface area contributed by atoms with Gasteiger partial charge in [0.2, 0.25) is 0 Å². The van der Waals surface area contributed by atoms with E-state index in [1.165, 1.54) is 17.5 Å². The number of sulfonamides is 1. The number of aromatic nitrogens is 2. The van der Waals surface area contributed by atoms with Crippen LogP contribution in [0.1, 0.15) is 0 Å². The molecule has 14 heavy (non-hydrogen) atoms. The van der Waals surface area contributed by atoms with Crippen molar-refractivity contribution in [3.05, 3.63) is 29.8 Å². The van der Waals surface area contributed by atoms with Crippen LogP contribution in [-0.2, 0) is 10.0 Å². The van der Waals surface area contributed by atoms with Crippen LogP contribution in [0.3, 0.4) is 0 Å². The molecule has 74 valence electrons. The van der Waals surface area contributed by atoms with Crippen LogP contribution in [0.15, 0.2) is 34.0 Å².